The number of benzene rings is 1. The van der Waals surface area contributed by atoms with Crippen LogP contribution in [0.15, 0.2) is 40.9 Å². The maximum absolute atomic E-state index is 12.1. The molecule has 0 spiro atoms. The van der Waals surface area contributed by atoms with Gasteiger partial charge in [-0.1, -0.05) is 12.1 Å². The van der Waals surface area contributed by atoms with Crippen LogP contribution in [0.4, 0.5) is 0 Å². The van der Waals surface area contributed by atoms with Gasteiger partial charge < -0.3 is 10.1 Å². The molecule has 2 aromatic rings. The van der Waals surface area contributed by atoms with E-state index in [4.69, 9.17) is 4.74 Å². The fourth-order valence-corrected chi connectivity index (χ4v) is 3.06. The Morgan fingerprint density at radius 2 is 1.91 bits per heavy atom. The van der Waals surface area contributed by atoms with Crippen molar-refractivity contribution >= 4 is 44.9 Å². The van der Waals surface area contributed by atoms with Crippen LogP contribution in [-0.2, 0) is 16.1 Å². The average molecular weight is 396 g/mol. The van der Waals surface area contributed by atoms with Crippen molar-refractivity contribution in [3.05, 3.63) is 56.2 Å². The zero-order valence-electron chi connectivity index (χ0n) is 12.3. The van der Waals surface area contributed by atoms with Crippen LogP contribution < -0.4 is 5.32 Å². The van der Waals surface area contributed by atoms with Crippen molar-refractivity contribution in [3.63, 3.8) is 0 Å². The number of halogens is 1. The quantitative estimate of drug-likeness (QED) is 0.601. The molecule has 0 atom stereocenters. The smallest absolute Gasteiger partial charge is 0.339 e. The first-order valence-electron chi connectivity index (χ1n) is 6.75. The molecule has 0 aliphatic heterocycles. The van der Waals surface area contributed by atoms with Gasteiger partial charge in [0.2, 0.25) is 11.7 Å². The van der Waals surface area contributed by atoms with Gasteiger partial charge in [-0.05, 0) is 40.2 Å². The number of nitrogens with one attached hydrogen (secondary N) is 1. The minimum absolute atomic E-state index is 0.131. The van der Waals surface area contributed by atoms with E-state index >= 15 is 0 Å². The Kier molecular flexibility index (Phi) is 6.06. The van der Waals surface area contributed by atoms with E-state index in [0.717, 1.165) is 4.88 Å². The van der Waals surface area contributed by atoms with Crippen LogP contribution in [-0.4, -0.2) is 24.3 Å². The Balaban J connectivity index is 1.91. The van der Waals surface area contributed by atoms with Gasteiger partial charge in [0.15, 0.2) is 6.61 Å². The molecule has 2 rings (SSSR count). The lowest BCUT2D eigenvalue weighted by molar-refractivity contribution is -0.119. The van der Waals surface area contributed by atoms with Crippen LogP contribution in [0.25, 0.3) is 0 Å². The summed E-state index contributed by atoms with van der Waals surface area (Å²) in [6.07, 6.45) is 0. The lowest BCUT2D eigenvalue weighted by Gasteiger charge is -2.05. The van der Waals surface area contributed by atoms with Crippen molar-refractivity contribution in [1.29, 1.82) is 0 Å². The lowest BCUT2D eigenvalue weighted by atomic mass is 10.2. The molecule has 0 saturated carbocycles. The fourth-order valence-electron chi connectivity index (χ4n) is 1.74. The first-order chi connectivity index (χ1) is 11.0. The Hall–Kier alpha value is -1.99. The summed E-state index contributed by atoms with van der Waals surface area (Å²) in [5.41, 5.74) is 0.373. The Bertz CT molecular complexity index is 741. The molecule has 1 aromatic heterocycles. The normalized spacial score (nSPS) is 10.2. The highest BCUT2D eigenvalue weighted by Gasteiger charge is 2.15. The predicted octanol–water partition coefficient (Wildman–Crippen LogP) is 3.19. The van der Waals surface area contributed by atoms with Gasteiger partial charge in [-0.15, -0.1) is 11.3 Å². The molecule has 0 unspecified atom stereocenters. The number of hydrogen-bond donors (Lipinski definition) is 1. The van der Waals surface area contributed by atoms with Gasteiger partial charge in [-0.3, -0.25) is 9.59 Å². The molecule has 120 valence electrons. The molecule has 5 nitrogen and oxygen atoms in total. The van der Waals surface area contributed by atoms with Gasteiger partial charge in [0.25, 0.3) is 0 Å². The molecule has 0 aliphatic carbocycles. The molecule has 7 heteroatoms. The first kappa shape index (κ1) is 17.4. The molecule has 1 amide bonds. The number of amides is 1. The van der Waals surface area contributed by atoms with Gasteiger partial charge in [0.05, 0.1) is 17.0 Å². The van der Waals surface area contributed by atoms with Crippen molar-refractivity contribution in [2.75, 3.05) is 6.61 Å². The number of Topliss-reactive ketones (excluding diaryl/α,β-unsaturated/α-hetero) is 1. The zero-order chi connectivity index (χ0) is 16.8. The minimum Gasteiger partial charge on any atom is -0.454 e. The summed E-state index contributed by atoms with van der Waals surface area (Å²) in [7, 11) is 0. The molecule has 0 bridgehead atoms. The third-order valence-electron chi connectivity index (χ3n) is 2.88. The number of ketones is 1. The Labute approximate surface area is 145 Å². The molecule has 0 aliphatic rings. The van der Waals surface area contributed by atoms with Crippen molar-refractivity contribution < 1.29 is 19.1 Å². The van der Waals surface area contributed by atoms with E-state index in [1.165, 1.54) is 18.3 Å². The van der Waals surface area contributed by atoms with Gasteiger partial charge in [-0.2, -0.15) is 0 Å². The number of carbonyl (C=O) groups is 3. The van der Waals surface area contributed by atoms with E-state index in [2.05, 4.69) is 21.2 Å². The molecular formula is C16H14BrNO4S. The van der Waals surface area contributed by atoms with Crippen LogP contribution in [0.3, 0.4) is 0 Å². The topological polar surface area (TPSA) is 72.5 Å². The summed E-state index contributed by atoms with van der Waals surface area (Å²) in [6.45, 7) is 1.49. The molecule has 0 fully saturated rings. The summed E-state index contributed by atoms with van der Waals surface area (Å²) in [4.78, 5) is 36.2. The van der Waals surface area contributed by atoms with Crippen molar-refractivity contribution in [2.45, 2.75) is 13.5 Å². The number of esters is 1. The van der Waals surface area contributed by atoms with Crippen molar-refractivity contribution in [2.24, 2.45) is 0 Å². The van der Waals surface area contributed by atoms with Crippen LogP contribution in [0.1, 0.15) is 31.8 Å². The lowest BCUT2D eigenvalue weighted by Crippen LogP contribution is -2.18. The van der Waals surface area contributed by atoms with E-state index < -0.39 is 5.97 Å². The van der Waals surface area contributed by atoms with Crippen LogP contribution in [0, 0.1) is 0 Å². The summed E-state index contributed by atoms with van der Waals surface area (Å²) < 4.78 is 5.67. The summed E-state index contributed by atoms with van der Waals surface area (Å²) in [5, 5.41) is 2.66. The van der Waals surface area contributed by atoms with Gasteiger partial charge in [-0.25, -0.2) is 4.79 Å². The van der Waals surface area contributed by atoms with Crippen LogP contribution >= 0.6 is 27.3 Å². The van der Waals surface area contributed by atoms with E-state index in [-0.39, 0.29) is 18.3 Å². The molecular weight excluding hydrogens is 382 g/mol. The average Bonchev–Trinajstić information content (AvgIpc) is 3.00. The number of thiophene rings is 1. The zero-order valence-corrected chi connectivity index (χ0v) is 14.7. The van der Waals surface area contributed by atoms with Crippen molar-refractivity contribution in [3.8, 4) is 0 Å². The maximum Gasteiger partial charge on any atom is 0.339 e. The minimum atomic E-state index is -0.555. The highest BCUT2D eigenvalue weighted by atomic mass is 79.9. The second-order valence-electron chi connectivity index (χ2n) is 4.65. The predicted molar refractivity (Wildman–Crippen MR) is 90.6 cm³/mol. The summed E-state index contributed by atoms with van der Waals surface area (Å²) in [6, 6.07) is 10.3. The fraction of sp³-hybridized carbons (Fsp3) is 0.188. The Morgan fingerprint density at radius 3 is 2.61 bits per heavy atom. The second-order valence-corrected chi connectivity index (χ2v) is 6.68. The molecule has 1 N–H and O–H groups in total. The molecule has 23 heavy (non-hydrogen) atoms. The Morgan fingerprint density at radius 1 is 1.17 bits per heavy atom. The van der Waals surface area contributed by atoms with E-state index in [1.807, 2.05) is 0 Å². The standard InChI is InChI=1S/C16H14BrNO4S/c1-10(19)18-8-11-6-7-15(23-11)14(20)9-22-16(21)12-4-2-3-5-13(12)17/h2-7H,8-9H2,1H3,(H,18,19). The second kappa shape index (κ2) is 8.03. The van der Waals surface area contributed by atoms with Gasteiger partial charge >= 0.3 is 5.97 Å². The number of ether oxygens (including phenoxy) is 1. The summed E-state index contributed by atoms with van der Waals surface area (Å²) in [5.74, 6) is -0.959. The third-order valence-corrected chi connectivity index (χ3v) is 4.69. The first-order valence-corrected chi connectivity index (χ1v) is 8.36. The van der Waals surface area contributed by atoms with Crippen LogP contribution in [0.2, 0.25) is 0 Å². The largest absolute Gasteiger partial charge is 0.454 e. The summed E-state index contributed by atoms with van der Waals surface area (Å²) >= 11 is 4.53. The highest BCUT2D eigenvalue weighted by Crippen LogP contribution is 2.19. The molecule has 1 heterocycles. The van der Waals surface area contributed by atoms with E-state index in [0.29, 0.717) is 21.5 Å². The number of hydrogen-bond acceptors (Lipinski definition) is 5. The van der Waals surface area contributed by atoms with E-state index in [9.17, 15) is 14.4 Å². The molecule has 0 saturated heterocycles. The van der Waals surface area contributed by atoms with Gasteiger partial charge in [0.1, 0.15) is 0 Å². The third kappa shape index (κ3) is 5.01. The number of carbonyl (C=O) groups excluding carboxylic acids is 3. The highest BCUT2D eigenvalue weighted by molar-refractivity contribution is 9.10. The van der Waals surface area contributed by atoms with Gasteiger partial charge in [0, 0.05) is 16.3 Å². The maximum atomic E-state index is 12.1. The van der Waals surface area contributed by atoms with Crippen LogP contribution in [0.5, 0.6) is 0 Å². The van der Waals surface area contributed by atoms with E-state index in [1.54, 1.807) is 36.4 Å². The molecule has 1 aromatic carbocycles. The number of rotatable bonds is 6. The SMILES string of the molecule is CC(=O)NCc1ccc(C(=O)COC(=O)c2ccccc2Br)s1. The van der Waals surface area contributed by atoms with Crippen molar-refractivity contribution in [1.82, 2.24) is 5.32 Å². The molecule has 0 radical (unpaired) electrons. The monoisotopic (exact) mass is 395 g/mol.